The first-order valence-electron chi connectivity index (χ1n) is 8.44. The van der Waals surface area contributed by atoms with E-state index in [9.17, 15) is 9.59 Å². The summed E-state index contributed by atoms with van der Waals surface area (Å²) in [7, 11) is 3.33. The van der Waals surface area contributed by atoms with Gasteiger partial charge in [-0.2, -0.15) is 0 Å². The first-order chi connectivity index (χ1) is 13.0. The highest BCUT2D eigenvalue weighted by Crippen LogP contribution is 2.25. The maximum atomic E-state index is 12.9. The zero-order valence-corrected chi connectivity index (χ0v) is 15.0. The van der Waals surface area contributed by atoms with Crippen molar-refractivity contribution in [1.29, 1.82) is 0 Å². The number of terminal acetylenes is 1. The first-order valence-corrected chi connectivity index (χ1v) is 8.44. The number of epoxide rings is 1. The number of nitrogens with zero attached hydrogens (tertiary/aromatic N) is 4. The summed E-state index contributed by atoms with van der Waals surface area (Å²) < 4.78 is 14.7. The fourth-order valence-corrected chi connectivity index (χ4v) is 3.16. The van der Waals surface area contributed by atoms with E-state index in [0.717, 1.165) is 10.1 Å². The van der Waals surface area contributed by atoms with Gasteiger partial charge in [-0.25, -0.2) is 14.3 Å². The molecular formula is C19H18N4O4. The molecule has 0 aliphatic carbocycles. The quantitative estimate of drug-likeness (QED) is 0.488. The van der Waals surface area contributed by atoms with Crippen LogP contribution in [0.4, 0.5) is 0 Å². The molecule has 2 aromatic heterocycles. The minimum atomic E-state index is -0.476. The third-order valence-electron chi connectivity index (χ3n) is 4.61. The summed E-state index contributed by atoms with van der Waals surface area (Å²) in [5.41, 5.74) is 0.497. The number of ether oxygens (including phenoxy) is 2. The lowest BCUT2D eigenvalue weighted by atomic mass is 10.2. The van der Waals surface area contributed by atoms with Gasteiger partial charge in [0.05, 0.1) is 32.9 Å². The number of benzene rings is 1. The Balaban J connectivity index is 2.03. The number of aromatic nitrogens is 4. The number of fused-ring (bicyclic) bond motifs is 1. The molecule has 0 radical (unpaired) electrons. The van der Waals surface area contributed by atoms with Crippen molar-refractivity contribution in [3.05, 3.63) is 45.1 Å². The van der Waals surface area contributed by atoms with Gasteiger partial charge in [0.15, 0.2) is 11.2 Å². The van der Waals surface area contributed by atoms with E-state index in [1.54, 1.807) is 18.7 Å². The molecule has 3 heterocycles. The lowest BCUT2D eigenvalue weighted by Gasteiger charge is -2.09. The third kappa shape index (κ3) is 2.82. The topological polar surface area (TPSA) is 83.6 Å². The molecule has 3 aromatic rings. The Bertz CT molecular complexity index is 1190. The molecular weight excluding hydrogens is 348 g/mol. The zero-order valence-electron chi connectivity index (χ0n) is 15.0. The summed E-state index contributed by atoms with van der Waals surface area (Å²) in [6.07, 6.45) is 5.30. The van der Waals surface area contributed by atoms with Crippen LogP contribution < -0.4 is 16.0 Å². The third-order valence-corrected chi connectivity index (χ3v) is 4.61. The lowest BCUT2D eigenvalue weighted by Crippen LogP contribution is -2.41. The molecule has 0 N–H and O–H groups in total. The van der Waals surface area contributed by atoms with Crippen LogP contribution in [0.3, 0.4) is 0 Å². The second-order valence-electron chi connectivity index (χ2n) is 6.34. The minimum Gasteiger partial charge on any atom is -0.497 e. The van der Waals surface area contributed by atoms with Crippen LogP contribution in [-0.2, 0) is 24.9 Å². The fourth-order valence-electron chi connectivity index (χ4n) is 3.16. The van der Waals surface area contributed by atoms with Gasteiger partial charge >= 0.3 is 5.69 Å². The van der Waals surface area contributed by atoms with Gasteiger partial charge in [-0.3, -0.25) is 9.36 Å². The highest BCUT2D eigenvalue weighted by Gasteiger charge is 2.27. The molecule has 27 heavy (non-hydrogen) atoms. The van der Waals surface area contributed by atoms with Crippen molar-refractivity contribution >= 4 is 11.2 Å². The van der Waals surface area contributed by atoms with E-state index in [0.29, 0.717) is 35.9 Å². The van der Waals surface area contributed by atoms with Crippen molar-refractivity contribution in [3.63, 3.8) is 0 Å². The smallest absolute Gasteiger partial charge is 0.333 e. The Morgan fingerprint density at radius 1 is 1.37 bits per heavy atom. The molecule has 8 heteroatoms. The molecule has 1 aliphatic heterocycles. The number of imidazole rings is 1. The number of aryl methyl sites for hydroxylation is 1. The van der Waals surface area contributed by atoms with E-state index >= 15 is 0 Å². The van der Waals surface area contributed by atoms with Gasteiger partial charge in [0.25, 0.3) is 5.56 Å². The summed E-state index contributed by atoms with van der Waals surface area (Å²) in [6, 6.07) is 7.37. The van der Waals surface area contributed by atoms with E-state index in [2.05, 4.69) is 10.9 Å². The monoisotopic (exact) mass is 366 g/mol. The molecule has 1 unspecified atom stereocenters. The summed E-state index contributed by atoms with van der Waals surface area (Å²) in [5.74, 6) is 3.61. The maximum Gasteiger partial charge on any atom is 0.333 e. The standard InChI is InChI=1S/C19H18N4O4/c1-4-8-22-18(24)15-17(23(19(22)25)10-14-11-27-14)20-16(21(15)2)12-6-5-7-13(9-12)26-3/h1,5-7,9,14H,8,10-11H2,2-3H3. The van der Waals surface area contributed by atoms with E-state index in [1.165, 1.54) is 4.57 Å². The molecule has 1 fully saturated rings. The minimum absolute atomic E-state index is 0.0510. The molecule has 0 bridgehead atoms. The largest absolute Gasteiger partial charge is 0.497 e. The Labute approximate surface area is 154 Å². The van der Waals surface area contributed by atoms with E-state index in [-0.39, 0.29) is 12.6 Å². The summed E-state index contributed by atoms with van der Waals surface area (Å²) >= 11 is 0. The summed E-state index contributed by atoms with van der Waals surface area (Å²) in [4.78, 5) is 30.4. The lowest BCUT2D eigenvalue weighted by molar-refractivity contribution is 0.379. The Morgan fingerprint density at radius 3 is 2.81 bits per heavy atom. The van der Waals surface area contributed by atoms with Crippen molar-refractivity contribution in [2.75, 3.05) is 13.7 Å². The predicted octanol–water partition coefficient (Wildman–Crippen LogP) is 0.604. The molecule has 1 saturated heterocycles. The number of hydrogen-bond acceptors (Lipinski definition) is 5. The zero-order chi connectivity index (χ0) is 19.1. The molecule has 138 valence electrons. The van der Waals surface area contributed by atoms with Crippen LogP contribution >= 0.6 is 0 Å². The molecule has 1 aromatic carbocycles. The van der Waals surface area contributed by atoms with E-state index < -0.39 is 11.2 Å². The summed E-state index contributed by atoms with van der Waals surface area (Å²) in [5, 5.41) is 0. The van der Waals surface area contributed by atoms with Crippen LogP contribution in [0, 0.1) is 12.3 Å². The first kappa shape index (κ1) is 17.1. The van der Waals surface area contributed by atoms with Crippen LogP contribution in [0.25, 0.3) is 22.6 Å². The van der Waals surface area contributed by atoms with Gasteiger partial charge in [-0.1, -0.05) is 18.1 Å². The summed E-state index contributed by atoms with van der Waals surface area (Å²) in [6.45, 7) is 0.811. The SMILES string of the molecule is C#CCn1c(=O)c2c(nc(-c3cccc(OC)c3)n2C)n(CC2CO2)c1=O. The van der Waals surface area contributed by atoms with Crippen LogP contribution in [0.2, 0.25) is 0 Å². The van der Waals surface area contributed by atoms with Crippen molar-refractivity contribution in [2.45, 2.75) is 19.2 Å². The average molecular weight is 366 g/mol. The van der Waals surface area contributed by atoms with Crippen molar-refractivity contribution in [3.8, 4) is 29.5 Å². The average Bonchev–Trinajstić information content (AvgIpc) is 3.43. The number of rotatable bonds is 5. The normalized spacial score (nSPS) is 15.7. The highest BCUT2D eigenvalue weighted by molar-refractivity contribution is 5.77. The van der Waals surface area contributed by atoms with Crippen molar-refractivity contribution in [1.82, 2.24) is 18.7 Å². The maximum absolute atomic E-state index is 12.9. The Morgan fingerprint density at radius 2 is 2.15 bits per heavy atom. The Kier molecular flexibility index (Phi) is 4.09. The number of hydrogen-bond donors (Lipinski definition) is 0. The molecule has 0 spiro atoms. The fraction of sp³-hybridized carbons (Fsp3) is 0.316. The molecule has 0 saturated carbocycles. The van der Waals surface area contributed by atoms with Gasteiger partial charge in [-0.05, 0) is 12.1 Å². The van der Waals surface area contributed by atoms with Gasteiger partial charge in [-0.15, -0.1) is 6.42 Å². The van der Waals surface area contributed by atoms with Crippen molar-refractivity contribution in [2.24, 2.45) is 7.05 Å². The Hall–Kier alpha value is -3.31. The van der Waals surface area contributed by atoms with Crippen LogP contribution in [-0.4, -0.2) is 38.5 Å². The van der Waals surface area contributed by atoms with Crippen molar-refractivity contribution < 1.29 is 9.47 Å². The second-order valence-corrected chi connectivity index (χ2v) is 6.34. The molecule has 8 nitrogen and oxygen atoms in total. The molecule has 1 atom stereocenters. The molecule has 4 rings (SSSR count). The van der Waals surface area contributed by atoms with E-state index in [1.807, 2.05) is 24.3 Å². The second kappa shape index (κ2) is 6.45. The molecule has 1 aliphatic rings. The van der Waals surface area contributed by atoms with Gasteiger partial charge in [0.1, 0.15) is 11.6 Å². The predicted molar refractivity (Wildman–Crippen MR) is 99.8 cm³/mol. The molecule has 0 amide bonds. The van der Waals surface area contributed by atoms with E-state index in [4.69, 9.17) is 15.9 Å². The van der Waals surface area contributed by atoms with Gasteiger partial charge in [0.2, 0.25) is 0 Å². The highest BCUT2D eigenvalue weighted by atomic mass is 16.6. The van der Waals surface area contributed by atoms with Crippen LogP contribution in [0.1, 0.15) is 0 Å². The van der Waals surface area contributed by atoms with Gasteiger partial charge in [0, 0.05) is 12.6 Å². The van der Waals surface area contributed by atoms with Crippen LogP contribution in [0.15, 0.2) is 33.9 Å². The van der Waals surface area contributed by atoms with Gasteiger partial charge < -0.3 is 14.0 Å². The number of methoxy groups -OCH3 is 1. The van der Waals surface area contributed by atoms with Crippen LogP contribution in [0.5, 0.6) is 5.75 Å².